The molecule has 60 heavy (non-hydrogen) atoms. The van der Waals surface area contributed by atoms with E-state index in [1.165, 1.54) is 44.9 Å². The van der Waals surface area contributed by atoms with Crippen LogP contribution < -0.4 is 21.3 Å². The summed E-state index contributed by atoms with van der Waals surface area (Å²) in [6, 6.07) is -1.24. The van der Waals surface area contributed by atoms with E-state index >= 15 is 0 Å². The molecule has 0 spiro atoms. The summed E-state index contributed by atoms with van der Waals surface area (Å²) in [4.78, 5) is 82.0. The van der Waals surface area contributed by atoms with E-state index < -0.39 is 18.0 Å². The van der Waals surface area contributed by atoms with Crippen molar-refractivity contribution in [2.45, 2.75) is 173 Å². The molecule has 16 nitrogen and oxygen atoms in total. The van der Waals surface area contributed by atoms with Gasteiger partial charge in [0, 0.05) is 51.8 Å². The number of carboxylic acids is 2. The van der Waals surface area contributed by atoms with E-state index in [-0.39, 0.29) is 127 Å². The second kappa shape index (κ2) is 42.6. The molecule has 1 unspecified atom stereocenters. The van der Waals surface area contributed by atoms with Crippen LogP contribution in [0.1, 0.15) is 161 Å². The first-order chi connectivity index (χ1) is 28.5. The van der Waals surface area contributed by atoms with Gasteiger partial charge in [-0.3, -0.25) is 28.8 Å². The molecule has 6 N–H and O–H groups in total. The van der Waals surface area contributed by atoms with Gasteiger partial charge in [-0.05, 0) is 58.9 Å². The summed E-state index contributed by atoms with van der Waals surface area (Å²) in [5.41, 5.74) is 0. The number of carboxylic acid groups (broad SMARTS) is 2. The van der Waals surface area contributed by atoms with Crippen LogP contribution in [0, 0.1) is 0 Å². The highest BCUT2D eigenvalue weighted by Crippen LogP contribution is 2.14. The fraction of sp³-hybridized carbons (Fsp3) is 0.837. The number of nitrogens with one attached hydrogen (secondary N) is 4. The van der Waals surface area contributed by atoms with Crippen LogP contribution in [-0.2, 0) is 47.8 Å². The lowest BCUT2D eigenvalue weighted by Gasteiger charge is -2.14. The van der Waals surface area contributed by atoms with Gasteiger partial charge in [0.15, 0.2) is 0 Å². The van der Waals surface area contributed by atoms with Gasteiger partial charge in [0.2, 0.25) is 17.7 Å². The molecule has 0 aliphatic heterocycles. The summed E-state index contributed by atoms with van der Waals surface area (Å²) in [6.07, 6.45) is 19.0. The third-order valence-corrected chi connectivity index (χ3v) is 9.86. The Bertz CT molecular complexity index is 1160. The van der Waals surface area contributed by atoms with E-state index in [4.69, 9.17) is 19.3 Å². The normalized spacial score (nSPS) is 11.9. The molecule has 0 aromatic carbocycles. The summed E-state index contributed by atoms with van der Waals surface area (Å²) in [5, 5.41) is 29.2. The molecule has 0 saturated carbocycles. The lowest BCUT2D eigenvalue weighted by molar-refractivity contribution is -0.142. The van der Waals surface area contributed by atoms with E-state index in [0.717, 1.165) is 57.8 Å². The maximum absolute atomic E-state index is 12.3. The van der Waals surface area contributed by atoms with Crippen molar-refractivity contribution in [3.63, 3.8) is 0 Å². The Labute approximate surface area is 366 Å². The summed E-state index contributed by atoms with van der Waals surface area (Å²) < 4.78 is 16.1. The van der Waals surface area contributed by atoms with Crippen LogP contribution in [0.5, 0.6) is 0 Å². The molecule has 350 valence electrons. The first kappa shape index (κ1) is 59.0. The number of carbonyl (C=O) groups excluding carboxylic acids is 5. The van der Waals surface area contributed by atoms with Crippen molar-refractivity contribution >= 4 is 54.7 Å². The molecule has 2 atom stereocenters. The molecule has 0 fully saturated rings. The van der Waals surface area contributed by atoms with Crippen molar-refractivity contribution in [1.29, 1.82) is 0 Å². The van der Waals surface area contributed by atoms with Gasteiger partial charge in [-0.1, -0.05) is 77.0 Å². The van der Waals surface area contributed by atoms with Gasteiger partial charge in [-0.2, -0.15) is 13.5 Å². The molecule has 17 heteroatoms. The van der Waals surface area contributed by atoms with Gasteiger partial charge >= 0.3 is 11.9 Å². The average molecular weight is 877 g/mol. The van der Waals surface area contributed by atoms with Crippen molar-refractivity contribution in [2.75, 3.05) is 59.8 Å². The van der Waals surface area contributed by atoms with Crippen molar-refractivity contribution in [3.05, 3.63) is 0 Å². The third kappa shape index (κ3) is 40.3. The standard InChI is InChI=1S/C43H78N4O12.H2S/c1-35(48)37(44-2)21-17-18-27-45-39(50)26-30-58-31-28-46-41(52)34-59-33-32-57-29-19-20-36(49)24-25-38(43(55)56)47-40(51)22-15-13-11-9-7-5-3-4-6-8-10-12-14-16-23-42(53)54;/h37-38,44H,3-34H2,1-2H3,(H,45,50)(H,46,52)(H,47,51)(H,53,54)(H,55,56);1H2/t37-,38?;/m0./s1. The molecule has 0 bridgehead atoms. The molecule has 0 heterocycles. The van der Waals surface area contributed by atoms with Gasteiger partial charge in [0.1, 0.15) is 24.2 Å². The van der Waals surface area contributed by atoms with Crippen molar-refractivity contribution in [3.8, 4) is 0 Å². The van der Waals surface area contributed by atoms with E-state index in [9.17, 15) is 38.7 Å². The van der Waals surface area contributed by atoms with Crippen molar-refractivity contribution < 1.29 is 58.0 Å². The predicted molar refractivity (Wildman–Crippen MR) is 235 cm³/mol. The molecule has 0 saturated heterocycles. The highest BCUT2D eigenvalue weighted by Gasteiger charge is 2.21. The Morgan fingerprint density at radius 2 is 1.03 bits per heavy atom. The van der Waals surface area contributed by atoms with Crippen LogP contribution >= 0.6 is 13.5 Å². The van der Waals surface area contributed by atoms with Crippen LogP contribution in [-0.4, -0.2) is 123 Å². The maximum Gasteiger partial charge on any atom is 0.326 e. The highest BCUT2D eigenvalue weighted by molar-refractivity contribution is 7.59. The van der Waals surface area contributed by atoms with Gasteiger partial charge < -0.3 is 45.7 Å². The monoisotopic (exact) mass is 877 g/mol. The van der Waals surface area contributed by atoms with Crippen molar-refractivity contribution in [2.24, 2.45) is 0 Å². The first-order valence-electron chi connectivity index (χ1n) is 22.2. The SMILES string of the molecule is CN[C@@H](CCCCNC(=O)CCOCCNC(=O)COCCOCCCC(=O)CCC(NC(=O)CCCCCCCCCCCCCCCCC(=O)O)C(=O)O)C(C)=O.S. The Kier molecular flexibility index (Phi) is 41.8. The number of carbonyl (C=O) groups is 7. The van der Waals surface area contributed by atoms with E-state index in [1.54, 1.807) is 14.0 Å². The molecule has 0 aliphatic rings. The van der Waals surface area contributed by atoms with Crippen LogP contribution in [0.2, 0.25) is 0 Å². The zero-order valence-electron chi connectivity index (χ0n) is 36.8. The average Bonchev–Trinajstić information content (AvgIpc) is 3.19. The number of hydrogen-bond acceptors (Lipinski definition) is 11. The van der Waals surface area contributed by atoms with Crippen LogP contribution in [0.3, 0.4) is 0 Å². The number of likely N-dealkylation sites (N-methyl/N-ethyl adjacent to an activating group) is 1. The van der Waals surface area contributed by atoms with Crippen molar-refractivity contribution in [1.82, 2.24) is 21.3 Å². The lowest BCUT2D eigenvalue weighted by atomic mass is 10.0. The largest absolute Gasteiger partial charge is 0.481 e. The molecule has 0 rings (SSSR count). The summed E-state index contributed by atoms with van der Waals surface area (Å²) in [7, 11) is 1.76. The number of amides is 3. The molecule has 0 aromatic heterocycles. The minimum Gasteiger partial charge on any atom is -0.481 e. The molecular formula is C43H80N4O12S. The quantitative estimate of drug-likeness (QED) is 0.0436. The highest BCUT2D eigenvalue weighted by atomic mass is 32.1. The fourth-order valence-corrected chi connectivity index (χ4v) is 6.31. The number of ether oxygens (including phenoxy) is 3. The van der Waals surface area contributed by atoms with Gasteiger partial charge in [0.25, 0.3) is 0 Å². The van der Waals surface area contributed by atoms with E-state index in [1.807, 2.05) is 0 Å². The topological polar surface area (TPSA) is 236 Å². The second-order valence-electron chi connectivity index (χ2n) is 15.2. The fourth-order valence-electron chi connectivity index (χ4n) is 6.31. The van der Waals surface area contributed by atoms with E-state index in [0.29, 0.717) is 26.0 Å². The maximum atomic E-state index is 12.3. The molecule has 0 aliphatic carbocycles. The Hall–Kier alpha value is -3.12. The first-order valence-corrected chi connectivity index (χ1v) is 22.2. The lowest BCUT2D eigenvalue weighted by Crippen LogP contribution is -2.41. The number of Topliss-reactive ketones (excluding diaryl/α,β-unsaturated/α-hetero) is 2. The summed E-state index contributed by atoms with van der Waals surface area (Å²) in [5.74, 6) is -2.59. The number of unbranched alkanes of at least 4 members (excludes halogenated alkanes) is 14. The summed E-state index contributed by atoms with van der Waals surface area (Å²) >= 11 is 0. The molecular weight excluding hydrogens is 797 g/mol. The van der Waals surface area contributed by atoms with Crippen LogP contribution in [0.4, 0.5) is 0 Å². The predicted octanol–water partition coefficient (Wildman–Crippen LogP) is 5.14. The molecule has 0 radical (unpaired) electrons. The van der Waals surface area contributed by atoms with Gasteiger partial charge in [-0.25, -0.2) is 4.79 Å². The molecule has 0 aromatic rings. The Morgan fingerprint density at radius 1 is 0.483 bits per heavy atom. The summed E-state index contributed by atoms with van der Waals surface area (Å²) in [6.45, 7) is 3.49. The minimum absolute atomic E-state index is 0. The zero-order valence-corrected chi connectivity index (χ0v) is 37.8. The number of ketones is 2. The molecule has 3 amide bonds. The van der Waals surface area contributed by atoms with E-state index in [2.05, 4.69) is 21.3 Å². The second-order valence-corrected chi connectivity index (χ2v) is 15.2. The van der Waals surface area contributed by atoms with Crippen LogP contribution in [0.15, 0.2) is 0 Å². The van der Waals surface area contributed by atoms with Gasteiger partial charge in [-0.15, -0.1) is 0 Å². The number of rotatable bonds is 44. The third-order valence-electron chi connectivity index (χ3n) is 9.86. The number of hydrogen-bond donors (Lipinski definition) is 6. The van der Waals surface area contributed by atoms with Crippen LogP contribution in [0.25, 0.3) is 0 Å². The zero-order chi connectivity index (χ0) is 43.8. The Morgan fingerprint density at radius 3 is 1.60 bits per heavy atom. The Balaban J connectivity index is 0. The minimum atomic E-state index is -1.15. The smallest absolute Gasteiger partial charge is 0.326 e. The number of aliphatic carboxylic acids is 2. The van der Waals surface area contributed by atoms with Gasteiger partial charge in [0.05, 0.1) is 32.5 Å².